The first-order valence-electron chi connectivity index (χ1n) is 34.0. The Morgan fingerprint density at radius 1 is 0.353 bits per heavy atom. The predicted octanol–water partition coefficient (Wildman–Crippen LogP) is 19.8. The van der Waals surface area contributed by atoms with Crippen LogP contribution in [0, 0.1) is 0 Å². The lowest BCUT2D eigenvalue weighted by atomic mass is 10.0. The van der Waals surface area contributed by atoms with Gasteiger partial charge >= 0.3 is 11.9 Å². The summed E-state index contributed by atoms with van der Waals surface area (Å²) < 4.78 is 22.7. The summed E-state index contributed by atoms with van der Waals surface area (Å²) in [4.78, 5) is 37.4. The van der Waals surface area contributed by atoms with Crippen molar-refractivity contribution < 1.29 is 42.9 Å². The first-order chi connectivity index (χ1) is 41.6. The van der Waals surface area contributed by atoms with Crippen LogP contribution in [-0.2, 0) is 33.3 Å². The third-order valence-corrected chi connectivity index (χ3v) is 14.1. The normalized spacial score (nSPS) is 13.7. The molecule has 0 fully saturated rings. The molecule has 85 heavy (non-hydrogen) atoms. The van der Waals surface area contributed by atoms with Crippen LogP contribution in [0.5, 0.6) is 0 Å². The molecule has 0 aromatic heterocycles. The molecule has 0 aromatic rings. The molecule has 2 unspecified atom stereocenters. The molecule has 0 aromatic carbocycles. The first kappa shape index (κ1) is 80.2. The van der Waals surface area contributed by atoms with E-state index in [1.807, 2.05) is 21.1 Å². The van der Waals surface area contributed by atoms with Crippen LogP contribution in [0.4, 0.5) is 0 Å². The zero-order valence-electron chi connectivity index (χ0n) is 54.9. The highest BCUT2D eigenvalue weighted by atomic mass is 16.7. The number of hydrogen-bond donors (Lipinski definition) is 0. The van der Waals surface area contributed by atoms with Gasteiger partial charge in [0.1, 0.15) is 13.2 Å². The molecule has 0 aliphatic rings. The molecular formula is C76H125NO8. The van der Waals surface area contributed by atoms with Gasteiger partial charge in [-0.05, 0) is 116 Å². The number of allylic oxidation sites excluding steroid dienone is 24. The molecule has 0 bridgehead atoms. The highest BCUT2D eigenvalue weighted by molar-refractivity contribution is 5.70. The fourth-order valence-corrected chi connectivity index (χ4v) is 8.96. The first-order valence-corrected chi connectivity index (χ1v) is 34.0. The smallest absolute Gasteiger partial charge is 0.306 e. The summed E-state index contributed by atoms with van der Waals surface area (Å²) in [6, 6.07) is 0. The van der Waals surface area contributed by atoms with Gasteiger partial charge in [-0.25, -0.2) is 0 Å². The minimum atomic E-state index is -1.63. The van der Waals surface area contributed by atoms with Gasteiger partial charge in [0.05, 0.1) is 40.3 Å². The molecule has 0 rings (SSSR count). The van der Waals surface area contributed by atoms with Crippen LogP contribution in [-0.4, -0.2) is 82.3 Å². The summed E-state index contributed by atoms with van der Waals surface area (Å²) in [7, 11) is 5.91. The van der Waals surface area contributed by atoms with Crippen LogP contribution in [0.15, 0.2) is 146 Å². The standard InChI is InChI=1S/C76H125NO8/c1-6-8-10-12-14-16-18-20-22-24-26-28-29-30-31-32-33-34-35-36-37-38-39-40-41-42-43-44-45-47-49-51-53-55-57-59-61-63-65-67-74(79)85-72(71-84-76(75(80)81)82-69-68-77(3,4)5)70-83-73(78)66-64-62-60-58-56-54-52-50-48-46-27-25-23-21-19-17-15-13-11-9-7-2/h8-11,14-17,20-23,26-28,30-31,33-34,36-37,46,50,52,72,76H,6-7,12-13,18-19,24-25,29,32,35,38-45,47-49,51,53-71H2,1-5H3/b10-8-,11-9-,16-14-,17-15-,22-20-,23-21-,28-26-,31-30-,34-33-,37-36-,46-27-,52-50-. The van der Waals surface area contributed by atoms with Crippen LogP contribution in [0.25, 0.3) is 0 Å². The molecule has 9 nitrogen and oxygen atoms in total. The summed E-state index contributed by atoms with van der Waals surface area (Å²) >= 11 is 0. The Morgan fingerprint density at radius 2 is 0.635 bits per heavy atom. The molecule has 0 N–H and O–H groups in total. The lowest BCUT2D eigenvalue weighted by Gasteiger charge is -2.26. The Morgan fingerprint density at radius 3 is 0.941 bits per heavy atom. The van der Waals surface area contributed by atoms with Gasteiger partial charge in [0.2, 0.25) is 0 Å². The topological polar surface area (TPSA) is 111 Å². The Balaban J connectivity index is 4.12. The number of carbonyl (C=O) groups is 3. The minimum absolute atomic E-state index is 0.138. The average molecular weight is 1180 g/mol. The SMILES string of the molecule is CC/C=C\C/C=C\C/C=C\C/C=C\C/C=C\C/C=C\C/C=C\CCCCCCCCCCCCCCCCCCCC(=O)OC(COC(=O)CCCCCCC/C=C\C/C=C\C/C=C\C/C=C\C/C=C\CC)COC(OCC[N+](C)(C)C)C(=O)[O-]. The molecule has 482 valence electrons. The number of quaternary nitrogens is 1. The predicted molar refractivity (Wildman–Crippen MR) is 361 cm³/mol. The van der Waals surface area contributed by atoms with Crippen molar-refractivity contribution in [1.82, 2.24) is 0 Å². The van der Waals surface area contributed by atoms with E-state index in [2.05, 4.69) is 160 Å². The van der Waals surface area contributed by atoms with Crippen molar-refractivity contribution in [3.8, 4) is 0 Å². The summed E-state index contributed by atoms with van der Waals surface area (Å²) in [6.45, 7) is 4.49. The zero-order chi connectivity index (χ0) is 61.9. The van der Waals surface area contributed by atoms with E-state index in [0.29, 0.717) is 23.9 Å². The number of likely N-dealkylation sites (N-methyl/N-ethyl adjacent to an activating group) is 1. The van der Waals surface area contributed by atoms with Gasteiger partial charge in [0, 0.05) is 12.8 Å². The number of rotatable bonds is 61. The van der Waals surface area contributed by atoms with E-state index in [9.17, 15) is 19.5 Å². The molecule has 0 saturated carbocycles. The lowest BCUT2D eigenvalue weighted by Crippen LogP contribution is -2.44. The highest BCUT2D eigenvalue weighted by Gasteiger charge is 2.22. The van der Waals surface area contributed by atoms with Crippen molar-refractivity contribution in [2.45, 2.75) is 270 Å². The third kappa shape index (κ3) is 66.5. The maximum absolute atomic E-state index is 12.9. The van der Waals surface area contributed by atoms with Crippen molar-refractivity contribution in [3.05, 3.63) is 146 Å². The molecule has 9 heteroatoms. The van der Waals surface area contributed by atoms with E-state index in [-0.39, 0.29) is 38.6 Å². The third-order valence-electron chi connectivity index (χ3n) is 14.1. The van der Waals surface area contributed by atoms with Crippen LogP contribution >= 0.6 is 0 Å². The fourth-order valence-electron chi connectivity index (χ4n) is 8.96. The highest BCUT2D eigenvalue weighted by Crippen LogP contribution is 2.16. The number of carbonyl (C=O) groups excluding carboxylic acids is 3. The number of unbranched alkanes of at least 4 members (excludes halogenated alkanes) is 22. The number of hydrogen-bond acceptors (Lipinski definition) is 8. The monoisotopic (exact) mass is 1180 g/mol. The van der Waals surface area contributed by atoms with E-state index in [4.69, 9.17) is 18.9 Å². The molecule has 0 radical (unpaired) electrons. The molecule has 2 atom stereocenters. The van der Waals surface area contributed by atoms with Gasteiger partial charge in [-0.1, -0.05) is 275 Å². The Kier molecular flexibility index (Phi) is 61.4. The van der Waals surface area contributed by atoms with E-state index in [1.54, 1.807) is 0 Å². The molecule has 0 amide bonds. The summed E-state index contributed by atoms with van der Waals surface area (Å²) in [5.74, 6) is -2.31. The molecular weight excluding hydrogens is 1050 g/mol. The number of carboxylic acids is 1. The van der Waals surface area contributed by atoms with Crippen LogP contribution in [0.3, 0.4) is 0 Å². The second-order valence-corrected chi connectivity index (χ2v) is 23.3. The van der Waals surface area contributed by atoms with E-state index >= 15 is 0 Å². The van der Waals surface area contributed by atoms with Gasteiger partial charge < -0.3 is 33.3 Å². The van der Waals surface area contributed by atoms with E-state index in [0.717, 1.165) is 128 Å². The maximum atomic E-state index is 12.9. The summed E-state index contributed by atoms with van der Waals surface area (Å²) in [5.41, 5.74) is 0. The average Bonchev–Trinajstić information content (AvgIpc) is 3.49. The minimum Gasteiger partial charge on any atom is -0.545 e. The van der Waals surface area contributed by atoms with E-state index in [1.165, 1.54) is 89.9 Å². The summed E-state index contributed by atoms with van der Waals surface area (Å²) in [5, 5.41) is 11.8. The van der Waals surface area contributed by atoms with Gasteiger partial charge in [-0.15, -0.1) is 0 Å². The molecule has 0 spiro atoms. The van der Waals surface area contributed by atoms with Gasteiger partial charge in [-0.2, -0.15) is 0 Å². The lowest BCUT2D eigenvalue weighted by molar-refractivity contribution is -0.870. The maximum Gasteiger partial charge on any atom is 0.306 e. The van der Waals surface area contributed by atoms with Crippen molar-refractivity contribution in [1.29, 1.82) is 0 Å². The zero-order valence-corrected chi connectivity index (χ0v) is 54.9. The number of esters is 2. The van der Waals surface area contributed by atoms with Crippen LogP contribution < -0.4 is 5.11 Å². The number of ether oxygens (including phenoxy) is 4. The fraction of sp³-hybridized carbons (Fsp3) is 0.645. The van der Waals surface area contributed by atoms with Crippen LogP contribution in [0.2, 0.25) is 0 Å². The van der Waals surface area contributed by atoms with Crippen molar-refractivity contribution in [2.24, 2.45) is 0 Å². The summed E-state index contributed by atoms with van der Waals surface area (Å²) in [6.07, 6.45) is 92.1. The second kappa shape index (κ2) is 65.2. The molecule has 0 saturated heterocycles. The van der Waals surface area contributed by atoms with Crippen molar-refractivity contribution in [2.75, 3.05) is 47.5 Å². The van der Waals surface area contributed by atoms with Crippen molar-refractivity contribution >= 4 is 17.9 Å². The Bertz CT molecular complexity index is 1900. The van der Waals surface area contributed by atoms with Gasteiger partial charge in [0.15, 0.2) is 12.4 Å². The number of nitrogens with zero attached hydrogens (tertiary/aromatic N) is 1. The molecule has 0 aliphatic carbocycles. The van der Waals surface area contributed by atoms with Gasteiger partial charge in [0.25, 0.3) is 0 Å². The molecule has 0 aliphatic heterocycles. The van der Waals surface area contributed by atoms with Crippen molar-refractivity contribution in [3.63, 3.8) is 0 Å². The largest absolute Gasteiger partial charge is 0.545 e. The van der Waals surface area contributed by atoms with Crippen LogP contribution in [0.1, 0.15) is 258 Å². The number of carboxylic acid groups (broad SMARTS) is 1. The van der Waals surface area contributed by atoms with E-state index < -0.39 is 24.3 Å². The quantitative estimate of drug-likeness (QED) is 0.0195. The Labute approximate surface area is 522 Å². The van der Waals surface area contributed by atoms with Gasteiger partial charge in [-0.3, -0.25) is 9.59 Å². The molecule has 0 heterocycles. The second-order valence-electron chi connectivity index (χ2n) is 23.3. The number of aliphatic carboxylic acids is 1. The Hall–Kier alpha value is -4.83.